The Kier molecular flexibility index (Phi) is 5.51. The summed E-state index contributed by atoms with van der Waals surface area (Å²) < 4.78 is 18.3. The Bertz CT molecular complexity index is 786. The number of halogens is 1. The molecule has 2 N–H and O–H groups in total. The number of urea groups is 1. The summed E-state index contributed by atoms with van der Waals surface area (Å²) in [6, 6.07) is 7.55. The van der Waals surface area contributed by atoms with E-state index in [2.05, 4.69) is 29.6 Å². The Morgan fingerprint density at radius 3 is 2.67 bits per heavy atom. The van der Waals surface area contributed by atoms with Gasteiger partial charge in [-0.05, 0) is 62.5 Å². The van der Waals surface area contributed by atoms with Crippen LogP contribution in [0, 0.1) is 17.2 Å². The third kappa shape index (κ3) is 4.66. The fraction of sp³-hybridized carbons (Fsp3) is 0.500. The van der Waals surface area contributed by atoms with Crippen LogP contribution in [0.25, 0.3) is 0 Å². The van der Waals surface area contributed by atoms with Crippen LogP contribution in [-0.4, -0.2) is 36.2 Å². The van der Waals surface area contributed by atoms with Crippen LogP contribution in [0.15, 0.2) is 34.9 Å². The lowest BCUT2D eigenvalue weighted by Gasteiger charge is -2.52. The summed E-state index contributed by atoms with van der Waals surface area (Å²) in [7, 11) is 3.98. The highest BCUT2D eigenvalue weighted by Gasteiger charge is 2.48. The van der Waals surface area contributed by atoms with Gasteiger partial charge in [-0.15, -0.1) is 0 Å². The van der Waals surface area contributed by atoms with Crippen LogP contribution in [0.4, 0.5) is 14.9 Å². The van der Waals surface area contributed by atoms with Gasteiger partial charge in [0.1, 0.15) is 5.82 Å². The zero-order valence-electron chi connectivity index (χ0n) is 16.3. The molecule has 0 saturated heterocycles. The van der Waals surface area contributed by atoms with Crippen LogP contribution >= 0.6 is 0 Å². The van der Waals surface area contributed by atoms with Crippen molar-refractivity contribution in [3.8, 4) is 0 Å². The van der Waals surface area contributed by atoms with Crippen LogP contribution in [0.2, 0.25) is 0 Å². The smallest absolute Gasteiger partial charge is 0.319 e. The quantitative estimate of drug-likeness (QED) is 0.810. The van der Waals surface area contributed by atoms with Gasteiger partial charge < -0.3 is 20.1 Å². The lowest BCUT2D eigenvalue weighted by molar-refractivity contribution is 0.0211. The van der Waals surface area contributed by atoms with E-state index in [1.165, 1.54) is 12.1 Å². The van der Waals surface area contributed by atoms with E-state index in [-0.39, 0.29) is 23.3 Å². The van der Waals surface area contributed by atoms with Crippen LogP contribution in [-0.2, 0) is 13.0 Å². The molecule has 1 aliphatic carbocycles. The molecular formula is C20H27FN4O2. The zero-order valence-corrected chi connectivity index (χ0v) is 16.3. The largest absolute Gasteiger partial charge is 0.360 e. The number of amides is 2. The number of anilines is 1. The van der Waals surface area contributed by atoms with Crippen LogP contribution in [0.3, 0.4) is 0 Å². The summed E-state index contributed by atoms with van der Waals surface area (Å²) in [5.74, 6) is 0.955. The number of benzene rings is 1. The fourth-order valence-corrected chi connectivity index (χ4v) is 3.56. The van der Waals surface area contributed by atoms with Gasteiger partial charge in [0.2, 0.25) is 0 Å². The summed E-state index contributed by atoms with van der Waals surface area (Å²) in [4.78, 5) is 14.3. The van der Waals surface area contributed by atoms with Gasteiger partial charge in [-0.25, -0.2) is 9.18 Å². The molecule has 27 heavy (non-hydrogen) atoms. The molecule has 0 aliphatic heterocycles. The molecule has 3 rings (SSSR count). The molecule has 2 amide bonds. The molecule has 146 valence electrons. The van der Waals surface area contributed by atoms with Crippen molar-refractivity contribution in [1.82, 2.24) is 15.4 Å². The molecule has 1 aliphatic rings. The highest BCUT2D eigenvalue weighted by Crippen LogP contribution is 2.47. The standard InChI is InChI=1S/C20H27FN4O2/c1-20(2)13(9-16-11-17(27-24-16)12-25(3)4)10-18(20)23-19(26)22-15-7-5-14(21)6-8-15/h5-8,11,13,18H,9-10,12H2,1-4H3,(H2,22,23,26). The molecule has 7 heteroatoms. The van der Waals surface area contributed by atoms with Gasteiger partial charge in [-0.2, -0.15) is 0 Å². The van der Waals surface area contributed by atoms with E-state index in [4.69, 9.17) is 4.52 Å². The van der Waals surface area contributed by atoms with Gasteiger partial charge in [0.25, 0.3) is 0 Å². The van der Waals surface area contributed by atoms with E-state index >= 15 is 0 Å². The average Bonchev–Trinajstić information content (AvgIpc) is 3.02. The Morgan fingerprint density at radius 1 is 1.33 bits per heavy atom. The predicted molar refractivity (Wildman–Crippen MR) is 102 cm³/mol. The molecule has 1 heterocycles. The van der Waals surface area contributed by atoms with Crippen molar-refractivity contribution in [1.29, 1.82) is 0 Å². The van der Waals surface area contributed by atoms with Gasteiger partial charge in [-0.3, -0.25) is 0 Å². The topological polar surface area (TPSA) is 70.4 Å². The number of nitrogens with zero attached hydrogens (tertiary/aromatic N) is 2. The molecule has 2 aromatic rings. The van der Waals surface area contributed by atoms with Crippen molar-refractivity contribution < 1.29 is 13.7 Å². The normalized spacial score (nSPS) is 21.0. The molecule has 0 bridgehead atoms. The van der Waals surface area contributed by atoms with Crippen molar-refractivity contribution in [3.63, 3.8) is 0 Å². The maximum atomic E-state index is 12.9. The highest BCUT2D eigenvalue weighted by molar-refractivity contribution is 5.89. The first-order chi connectivity index (χ1) is 12.7. The molecule has 1 fully saturated rings. The summed E-state index contributed by atoms with van der Waals surface area (Å²) in [6.45, 7) is 5.05. The average molecular weight is 374 g/mol. The van der Waals surface area contributed by atoms with Crippen molar-refractivity contribution in [2.24, 2.45) is 11.3 Å². The Hall–Kier alpha value is -2.41. The number of hydrogen-bond acceptors (Lipinski definition) is 4. The summed E-state index contributed by atoms with van der Waals surface area (Å²) in [5, 5.41) is 9.94. The van der Waals surface area contributed by atoms with Crippen LogP contribution in [0.5, 0.6) is 0 Å². The molecular weight excluding hydrogens is 347 g/mol. The van der Waals surface area contributed by atoms with E-state index < -0.39 is 0 Å². The van der Waals surface area contributed by atoms with Crippen LogP contribution < -0.4 is 10.6 Å². The molecule has 1 aromatic heterocycles. The first kappa shape index (κ1) is 19.4. The van der Waals surface area contributed by atoms with E-state index in [0.29, 0.717) is 11.6 Å². The Morgan fingerprint density at radius 2 is 2.04 bits per heavy atom. The van der Waals surface area contributed by atoms with Gasteiger partial charge in [0.15, 0.2) is 5.76 Å². The summed E-state index contributed by atoms with van der Waals surface area (Å²) in [5.41, 5.74) is 1.48. The second kappa shape index (κ2) is 7.68. The van der Waals surface area contributed by atoms with E-state index in [1.807, 2.05) is 25.1 Å². The van der Waals surface area contributed by atoms with Crippen molar-refractivity contribution in [2.45, 2.75) is 39.3 Å². The molecule has 1 aromatic carbocycles. The maximum Gasteiger partial charge on any atom is 0.319 e. The lowest BCUT2D eigenvalue weighted by atomic mass is 9.57. The van der Waals surface area contributed by atoms with Gasteiger partial charge in [0.05, 0.1) is 12.2 Å². The second-order valence-electron chi connectivity index (χ2n) is 8.14. The molecule has 6 nitrogen and oxygen atoms in total. The SMILES string of the molecule is CN(C)Cc1cc(CC2CC(NC(=O)Nc3ccc(F)cc3)C2(C)C)no1. The van der Waals surface area contributed by atoms with E-state index in [1.54, 1.807) is 12.1 Å². The minimum absolute atomic E-state index is 0.0409. The Balaban J connectivity index is 1.51. The minimum atomic E-state index is -0.328. The van der Waals surface area contributed by atoms with E-state index in [0.717, 1.165) is 30.8 Å². The number of nitrogens with one attached hydrogen (secondary N) is 2. The van der Waals surface area contributed by atoms with Crippen molar-refractivity contribution in [2.75, 3.05) is 19.4 Å². The van der Waals surface area contributed by atoms with Crippen LogP contribution in [0.1, 0.15) is 31.7 Å². The third-order valence-corrected chi connectivity index (χ3v) is 5.41. The van der Waals surface area contributed by atoms with Crippen molar-refractivity contribution in [3.05, 3.63) is 47.6 Å². The summed E-state index contributed by atoms with van der Waals surface area (Å²) >= 11 is 0. The first-order valence-corrected chi connectivity index (χ1v) is 9.16. The third-order valence-electron chi connectivity index (χ3n) is 5.41. The minimum Gasteiger partial charge on any atom is -0.360 e. The number of aromatic nitrogens is 1. The highest BCUT2D eigenvalue weighted by atomic mass is 19.1. The monoisotopic (exact) mass is 374 g/mol. The molecule has 2 atom stereocenters. The lowest BCUT2D eigenvalue weighted by Crippen LogP contribution is -2.59. The first-order valence-electron chi connectivity index (χ1n) is 9.16. The predicted octanol–water partition coefficient (Wildman–Crippen LogP) is 3.65. The molecule has 2 unspecified atom stereocenters. The maximum absolute atomic E-state index is 12.9. The molecule has 1 saturated carbocycles. The second-order valence-corrected chi connectivity index (χ2v) is 8.14. The molecule has 0 radical (unpaired) electrons. The Labute approximate surface area is 159 Å². The number of hydrogen-bond donors (Lipinski definition) is 2. The fourth-order valence-electron chi connectivity index (χ4n) is 3.56. The van der Waals surface area contributed by atoms with Gasteiger partial charge in [0, 0.05) is 17.8 Å². The van der Waals surface area contributed by atoms with Gasteiger partial charge in [-0.1, -0.05) is 19.0 Å². The molecule has 0 spiro atoms. The number of rotatable bonds is 6. The van der Waals surface area contributed by atoms with Crippen molar-refractivity contribution >= 4 is 11.7 Å². The number of carbonyl (C=O) groups is 1. The number of carbonyl (C=O) groups excluding carboxylic acids is 1. The van der Waals surface area contributed by atoms with E-state index in [9.17, 15) is 9.18 Å². The van der Waals surface area contributed by atoms with Gasteiger partial charge >= 0.3 is 6.03 Å². The summed E-state index contributed by atoms with van der Waals surface area (Å²) in [6.07, 6.45) is 1.72. The zero-order chi connectivity index (χ0) is 19.6.